The Labute approximate surface area is 118 Å². The van der Waals surface area contributed by atoms with Crippen molar-refractivity contribution in [3.05, 3.63) is 47.3 Å². The Morgan fingerprint density at radius 1 is 1.40 bits per heavy atom. The molecule has 1 aliphatic heterocycles. The number of aryl methyl sites for hydroxylation is 2. The molecule has 0 saturated carbocycles. The molecule has 5 nitrogen and oxygen atoms in total. The fourth-order valence-electron chi connectivity index (χ4n) is 2.81. The molecule has 1 aliphatic rings. The minimum atomic E-state index is 0.138. The van der Waals surface area contributed by atoms with E-state index in [0.29, 0.717) is 0 Å². The first-order valence-corrected chi connectivity index (χ1v) is 6.93. The molecule has 0 aromatic carbocycles. The summed E-state index contributed by atoms with van der Waals surface area (Å²) in [6.45, 7) is 3.77. The maximum absolute atomic E-state index is 9.67. The van der Waals surface area contributed by atoms with E-state index in [1.54, 1.807) is 0 Å². The number of hydrogen-bond donors (Lipinski definition) is 1. The summed E-state index contributed by atoms with van der Waals surface area (Å²) in [5.74, 6) is 0. The van der Waals surface area contributed by atoms with Crippen LogP contribution >= 0.6 is 0 Å². The Hall–Kier alpha value is -1.72. The topological polar surface area (TPSA) is 54.2 Å². The van der Waals surface area contributed by atoms with Gasteiger partial charge < -0.3 is 9.67 Å². The lowest BCUT2D eigenvalue weighted by Crippen LogP contribution is -2.43. The number of aliphatic hydroxyl groups is 1. The van der Waals surface area contributed by atoms with Crippen LogP contribution in [0.2, 0.25) is 0 Å². The van der Waals surface area contributed by atoms with E-state index in [1.165, 1.54) is 11.3 Å². The second-order valence-corrected chi connectivity index (χ2v) is 5.46. The summed E-state index contributed by atoms with van der Waals surface area (Å²) in [5, 5.41) is 9.67. The first-order chi connectivity index (χ1) is 9.69. The van der Waals surface area contributed by atoms with Gasteiger partial charge in [-0.3, -0.25) is 9.88 Å². The van der Waals surface area contributed by atoms with Crippen LogP contribution in [0.5, 0.6) is 0 Å². The molecule has 2 aromatic rings. The number of nitrogens with zero attached hydrogens (tertiary/aromatic N) is 4. The van der Waals surface area contributed by atoms with Crippen molar-refractivity contribution in [2.24, 2.45) is 7.05 Å². The number of imidazole rings is 1. The molecule has 1 unspecified atom stereocenters. The molecule has 1 atom stereocenters. The molecule has 2 aromatic heterocycles. The molecule has 0 spiro atoms. The number of rotatable bonds is 3. The van der Waals surface area contributed by atoms with Crippen molar-refractivity contribution in [2.75, 3.05) is 6.61 Å². The van der Waals surface area contributed by atoms with Crippen LogP contribution in [0.4, 0.5) is 0 Å². The number of fused-ring (bicyclic) bond motifs is 1. The van der Waals surface area contributed by atoms with Crippen molar-refractivity contribution < 1.29 is 5.11 Å². The lowest BCUT2D eigenvalue weighted by molar-refractivity contribution is 0.0954. The van der Waals surface area contributed by atoms with E-state index in [-0.39, 0.29) is 12.6 Å². The third-order valence-electron chi connectivity index (χ3n) is 4.13. The minimum Gasteiger partial charge on any atom is -0.395 e. The van der Waals surface area contributed by atoms with Crippen molar-refractivity contribution in [2.45, 2.75) is 32.5 Å². The molecule has 5 heteroatoms. The van der Waals surface area contributed by atoms with Gasteiger partial charge in [-0.2, -0.15) is 0 Å². The highest BCUT2D eigenvalue weighted by Gasteiger charge is 2.28. The first kappa shape index (κ1) is 13.3. The lowest BCUT2D eigenvalue weighted by atomic mass is 10.0. The monoisotopic (exact) mass is 272 g/mol. The van der Waals surface area contributed by atoms with Gasteiger partial charge in [0.05, 0.1) is 24.3 Å². The summed E-state index contributed by atoms with van der Waals surface area (Å²) in [7, 11) is 2.01. The Kier molecular flexibility index (Phi) is 3.54. The molecular weight excluding hydrogens is 252 g/mol. The third kappa shape index (κ3) is 2.34. The predicted octanol–water partition coefficient (Wildman–Crippen LogP) is 1.04. The van der Waals surface area contributed by atoms with Gasteiger partial charge in [0.25, 0.3) is 0 Å². The maximum atomic E-state index is 9.67. The van der Waals surface area contributed by atoms with Crippen molar-refractivity contribution in [1.29, 1.82) is 0 Å². The van der Waals surface area contributed by atoms with Crippen LogP contribution in [-0.4, -0.2) is 37.2 Å². The van der Waals surface area contributed by atoms with E-state index in [9.17, 15) is 5.11 Å². The summed E-state index contributed by atoms with van der Waals surface area (Å²) in [6.07, 6.45) is 4.52. The Bertz CT molecular complexity index is 608. The van der Waals surface area contributed by atoms with Gasteiger partial charge in [-0.1, -0.05) is 6.07 Å². The minimum absolute atomic E-state index is 0.138. The number of pyridine rings is 1. The van der Waals surface area contributed by atoms with Crippen LogP contribution in [0.15, 0.2) is 24.7 Å². The molecule has 106 valence electrons. The van der Waals surface area contributed by atoms with Crippen LogP contribution in [0, 0.1) is 6.92 Å². The number of hydrogen-bond acceptors (Lipinski definition) is 4. The van der Waals surface area contributed by atoms with E-state index in [0.717, 1.165) is 30.9 Å². The molecule has 3 heterocycles. The zero-order valence-corrected chi connectivity index (χ0v) is 12.0. The van der Waals surface area contributed by atoms with Crippen LogP contribution in [0.1, 0.15) is 22.6 Å². The smallest absolute Gasteiger partial charge is 0.0949 e. The molecule has 3 rings (SSSR count). The second-order valence-electron chi connectivity index (χ2n) is 5.46. The van der Waals surface area contributed by atoms with Crippen LogP contribution < -0.4 is 0 Å². The largest absolute Gasteiger partial charge is 0.395 e. The summed E-state index contributed by atoms with van der Waals surface area (Å²) in [6, 6.07) is 4.17. The molecule has 20 heavy (non-hydrogen) atoms. The van der Waals surface area contributed by atoms with Crippen molar-refractivity contribution in [3.63, 3.8) is 0 Å². The molecule has 0 saturated heterocycles. The van der Waals surface area contributed by atoms with E-state index >= 15 is 0 Å². The summed E-state index contributed by atoms with van der Waals surface area (Å²) in [5.41, 5.74) is 4.62. The predicted molar refractivity (Wildman–Crippen MR) is 76.0 cm³/mol. The van der Waals surface area contributed by atoms with Gasteiger partial charge in [0.1, 0.15) is 0 Å². The molecule has 0 fully saturated rings. The maximum Gasteiger partial charge on any atom is 0.0949 e. The average Bonchev–Trinajstić information content (AvgIpc) is 2.81. The second kappa shape index (κ2) is 5.34. The Balaban J connectivity index is 1.84. The van der Waals surface area contributed by atoms with Gasteiger partial charge in [-0.05, 0) is 18.6 Å². The fourth-order valence-corrected chi connectivity index (χ4v) is 2.81. The van der Waals surface area contributed by atoms with Gasteiger partial charge in [0.2, 0.25) is 0 Å². The van der Waals surface area contributed by atoms with Crippen molar-refractivity contribution in [1.82, 2.24) is 19.4 Å². The average molecular weight is 272 g/mol. The SMILES string of the molecule is Cc1cccnc1CN1Cc2ncn(C)c2CC1CO. The highest BCUT2D eigenvalue weighted by atomic mass is 16.3. The first-order valence-electron chi connectivity index (χ1n) is 6.93. The lowest BCUT2D eigenvalue weighted by Gasteiger charge is -2.34. The summed E-state index contributed by atoms with van der Waals surface area (Å²) < 4.78 is 2.06. The summed E-state index contributed by atoms with van der Waals surface area (Å²) in [4.78, 5) is 11.2. The van der Waals surface area contributed by atoms with Crippen molar-refractivity contribution >= 4 is 0 Å². The van der Waals surface area contributed by atoms with E-state index in [4.69, 9.17) is 0 Å². The van der Waals surface area contributed by atoms with Crippen LogP contribution in [0.3, 0.4) is 0 Å². The van der Waals surface area contributed by atoms with Crippen LogP contribution in [0.25, 0.3) is 0 Å². The van der Waals surface area contributed by atoms with E-state index < -0.39 is 0 Å². The normalized spacial score (nSPS) is 19.1. The molecule has 0 aliphatic carbocycles. The van der Waals surface area contributed by atoms with Gasteiger partial charge in [0, 0.05) is 44.5 Å². The van der Waals surface area contributed by atoms with Crippen molar-refractivity contribution in [3.8, 4) is 0 Å². The molecular formula is C15H20N4O. The fraction of sp³-hybridized carbons (Fsp3) is 0.467. The van der Waals surface area contributed by atoms with Crippen LogP contribution in [-0.2, 0) is 26.6 Å². The quantitative estimate of drug-likeness (QED) is 0.907. The molecule has 0 amide bonds. The Morgan fingerprint density at radius 2 is 2.25 bits per heavy atom. The third-order valence-corrected chi connectivity index (χ3v) is 4.13. The highest BCUT2D eigenvalue weighted by molar-refractivity contribution is 5.21. The van der Waals surface area contributed by atoms with Gasteiger partial charge in [-0.15, -0.1) is 0 Å². The van der Waals surface area contributed by atoms with E-state index in [2.05, 4.69) is 32.4 Å². The number of aliphatic hydroxyl groups excluding tert-OH is 1. The Morgan fingerprint density at radius 3 is 3.00 bits per heavy atom. The van der Waals surface area contributed by atoms with Gasteiger partial charge in [-0.25, -0.2) is 4.98 Å². The zero-order chi connectivity index (χ0) is 14.1. The molecule has 0 radical (unpaired) electrons. The number of aromatic nitrogens is 3. The zero-order valence-electron chi connectivity index (χ0n) is 12.0. The van der Waals surface area contributed by atoms with Gasteiger partial charge in [0.15, 0.2) is 0 Å². The molecule has 1 N–H and O–H groups in total. The summed E-state index contributed by atoms with van der Waals surface area (Å²) >= 11 is 0. The van der Waals surface area contributed by atoms with Gasteiger partial charge >= 0.3 is 0 Å². The standard InChI is InChI=1S/C15H20N4O/c1-11-4-3-5-16-13(11)7-19-8-14-15(6-12(19)9-20)18(2)10-17-14/h3-5,10,12,20H,6-9H2,1-2H3. The highest BCUT2D eigenvalue weighted by Crippen LogP contribution is 2.23. The molecule has 0 bridgehead atoms. The van der Waals surface area contributed by atoms with E-state index in [1.807, 2.05) is 25.6 Å².